The molecule has 2 aromatic heterocycles. The molecule has 2 heterocycles. The molecule has 0 saturated heterocycles. The van der Waals surface area contributed by atoms with Crippen LogP contribution in [0.3, 0.4) is 0 Å². The Balaban J connectivity index is 1.73. The van der Waals surface area contributed by atoms with Crippen molar-refractivity contribution in [1.82, 2.24) is 19.1 Å². The third kappa shape index (κ3) is 3.52. The van der Waals surface area contributed by atoms with Crippen LogP contribution in [0.4, 0.5) is 4.39 Å². The Bertz CT molecular complexity index is 1210. The molecule has 0 radical (unpaired) electrons. The van der Waals surface area contributed by atoms with E-state index < -0.39 is 0 Å². The summed E-state index contributed by atoms with van der Waals surface area (Å²) in [6, 6.07) is 12.0. The van der Waals surface area contributed by atoms with E-state index >= 15 is 0 Å². The number of hydrogen-bond acceptors (Lipinski definition) is 4. The van der Waals surface area contributed by atoms with Gasteiger partial charge in [-0.15, -0.1) is 0 Å². The maximum Gasteiger partial charge on any atom is 0.372 e. The highest BCUT2D eigenvalue weighted by atomic mass is 19.1. The van der Waals surface area contributed by atoms with Crippen molar-refractivity contribution in [3.05, 3.63) is 72.1 Å². The molecule has 0 aliphatic rings. The summed E-state index contributed by atoms with van der Waals surface area (Å²) in [4.78, 5) is 9.17. The van der Waals surface area contributed by atoms with Crippen LogP contribution < -0.4 is 5.41 Å². The molecule has 8 heteroatoms. The molecule has 0 saturated carbocycles. The lowest BCUT2D eigenvalue weighted by atomic mass is 10.2. The summed E-state index contributed by atoms with van der Waals surface area (Å²) in [7, 11) is 0. The number of rotatable bonds is 6. The Kier molecular flexibility index (Phi) is 4.90. The highest BCUT2D eigenvalue weighted by molar-refractivity contribution is 5.96. The van der Waals surface area contributed by atoms with Crippen LogP contribution in [0.15, 0.2) is 54.9 Å². The number of nitrogens with two attached hydrogens (primary N) is 1. The number of imidazole rings is 2. The van der Waals surface area contributed by atoms with E-state index in [2.05, 4.69) is 16.5 Å². The molecule has 2 aromatic carbocycles. The minimum atomic E-state index is -0.300. The van der Waals surface area contributed by atoms with Gasteiger partial charge in [-0.05, 0) is 37.3 Å². The average molecular weight is 391 g/mol. The number of nitrogens with zero attached hydrogens (tertiary/aromatic N) is 4. The van der Waals surface area contributed by atoms with E-state index in [-0.39, 0.29) is 11.7 Å². The van der Waals surface area contributed by atoms with Crippen LogP contribution in [-0.2, 0) is 17.8 Å². The van der Waals surface area contributed by atoms with Gasteiger partial charge in [-0.3, -0.25) is 5.41 Å². The van der Waals surface area contributed by atoms with Crippen molar-refractivity contribution in [3.63, 3.8) is 0 Å². The van der Waals surface area contributed by atoms with Crippen LogP contribution in [-0.4, -0.2) is 31.4 Å². The zero-order chi connectivity index (χ0) is 20.4. The summed E-state index contributed by atoms with van der Waals surface area (Å²) in [5.74, 6) is 1.38. The highest BCUT2D eigenvalue weighted by Crippen LogP contribution is 2.22. The summed E-state index contributed by atoms with van der Waals surface area (Å²) < 4.78 is 22.7. The van der Waals surface area contributed by atoms with Gasteiger partial charge >= 0.3 is 5.90 Å². The van der Waals surface area contributed by atoms with Gasteiger partial charge in [-0.1, -0.05) is 12.1 Å². The number of fused-ring (bicyclic) bond motifs is 1. The summed E-state index contributed by atoms with van der Waals surface area (Å²) in [5.41, 5.74) is 3.13. The van der Waals surface area contributed by atoms with E-state index in [0.29, 0.717) is 23.5 Å². The van der Waals surface area contributed by atoms with Gasteiger partial charge in [0.2, 0.25) is 0 Å². The van der Waals surface area contributed by atoms with E-state index in [4.69, 9.17) is 20.5 Å². The summed E-state index contributed by atoms with van der Waals surface area (Å²) in [6.07, 6.45) is 4.35. The van der Waals surface area contributed by atoms with Gasteiger partial charge in [0.15, 0.2) is 6.40 Å². The SMILES string of the molecule is CCn1c(Cn2ccnc2-c2cccc(F)c2)nc2cc(C(=[NH2+])OC=N)ccc21. The van der Waals surface area contributed by atoms with Crippen molar-refractivity contribution < 1.29 is 14.5 Å². The van der Waals surface area contributed by atoms with Gasteiger partial charge in [0.05, 0.1) is 23.1 Å². The largest absolute Gasteiger partial charge is 0.394 e. The Morgan fingerprint density at radius 1 is 1.28 bits per heavy atom. The normalized spacial score (nSPS) is 11.0. The summed E-state index contributed by atoms with van der Waals surface area (Å²) in [5, 5.41) is 12.9. The zero-order valence-electron chi connectivity index (χ0n) is 15.8. The summed E-state index contributed by atoms with van der Waals surface area (Å²) >= 11 is 0. The van der Waals surface area contributed by atoms with Crippen molar-refractivity contribution >= 4 is 23.3 Å². The van der Waals surface area contributed by atoms with Gasteiger partial charge in [-0.2, -0.15) is 0 Å². The molecule has 0 unspecified atom stereocenters. The lowest BCUT2D eigenvalue weighted by Gasteiger charge is -2.10. The Hall–Kier alpha value is -3.81. The first-order chi connectivity index (χ1) is 14.1. The number of aromatic nitrogens is 4. The minimum Gasteiger partial charge on any atom is -0.394 e. The molecule has 29 heavy (non-hydrogen) atoms. The van der Waals surface area contributed by atoms with Crippen LogP contribution in [0.2, 0.25) is 0 Å². The molecule has 0 aliphatic heterocycles. The van der Waals surface area contributed by atoms with Crippen LogP contribution in [0.25, 0.3) is 22.4 Å². The van der Waals surface area contributed by atoms with E-state index in [1.807, 2.05) is 35.0 Å². The first-order valence-corrected chi connectivity index (χ1v) is 9.15. The van der Waals surface area contributed by atoms with Crippen LogP contribution >= 0.6 is 0 Å². The van der Waals surface area contributed by atoms with Crippen LogP contribution in [0.5, 0.6) is 0 Å². The molecule has 0 aliphatic carbocycles. The molecule has 146 valence electrons. The van der Waals surface area contributed by atoms with Crippen molar-refractivity contribution in [2.75, 3.05) is 0 Å². The number of ether oxygens (including phenoxy) is 1. The Morgan fingerprint density at radius 3 is 2.90 bits per heavy atom. The Morgan fingerprint density at radius 2 is 2.14 bits per heavy atom. The third-order valence-corrected chi connectivity index (χ3v) is 4.72. The van der Waals surface area contributed by atoms with Crippen LogP contribution in [0, 0.1) is 11.2 Å². The quantitative estimate of drug-likeness (QED) is 0.390. The number of halogens is 1. The minimum absolute atomic E-state index is 0.150. The zero-order valence-corrected chi connectivity index (χ0v) is 15.8. The lowest BCUT2D eigenvalue weighted by Crippen LogP contribution is -2.41. The second-order valence-electron chi connectivity index (χ2n) is 6.46. The third-order valence-electron chi connectivity index (χ3n) is 4.72. The van der Waals surface area contributed by atoms with Gasteiger partial charge in [0, 0.05) is 24.5 Å². The highest BCUT2D eigenvalue weighted by Gasteiger charge is 2.16. The summed E-state index contributed by atoms with van der Waals surface area (Å²) in [6.45, 7) is 3.28. The molecule has 0 bridgehead atoms. The van der Waals surface area contributed by atoms with E-state index in [0.717, 1.165) is 29.8 Å². The first kappa shape index (κ1) is 18.5. The van der Waals surface area contributed by atoms with Crippen molar-refractivity contribution in [2.45, 2.75) is 20.0 Å². The maximum absolute atomic E-state index is 13.6. The molecule has 0 amide bonds. The Labute approximate surface area is 166 Å². The average Bonchev–Trinajstić information content (AvgIpc) is 3.31. The van der Waals surface area contributed by atoms with Crippen LogP contribution in [0.1, 0.15) is 18.3 Å². The molecule has 0 spiro atoms. The molecule has 0 atom stereocenters. The maximum atomic E-state index is 13.6. The van der Waals surface area contributed by atoms with E-state index in [1.54, 1.807) is 12.3 Å². The predicted molar refractivity (Wildman–Crippen MR) is 108 cm³/mol. The fourth-order valence-corrected chi connectivity index (χ4v) is 3.42. The number of aryl methyl sites for hydroxylation is 1. The number of benzene rings is 2. The van der Waals surface area contributed by atoms with E-state index in [9.17, 15) is 4.39 Å². The smallest absolute Gasteiger partial charge is 0.372 e. The fourth-order valence-electron chi connectivity index (χ4n) is 3.42. The molecule has 0 fully saturated rings. The van der Waals surface area contributed by atoms with Gasteiger partial charge < -0.3 is 13.9 Å². The van der Waals surface area contributed by atoms with Gasteiger partial charge in [0.1, 0.15) is 17.5 Å². The van der Waals surface area contributed by atoms with Gasteiger partial charge in [-0.25, -0.2) is 19.8 Å². The lowest BCUT2D eigenvalue weighted by molar-refractivity contribution is -0.130. The molecule has 7 nitrogen and oxygen atoms in total. The molecule has 3 N–H and O–H groups in total. The molecule has 4 rings (SSSR count). The fraction of sp³-hybridized carbons (Fsp3) is 0.143. The number of hydrogen-bond donors (Lipinski definition) is 2. The second kappa shape index (κ2) is 7.67. The predicted octanol–water partition coefficient (Wildman–Crippen LogP) is 2.24. The monoisotopic (exact) mass is 391 g/mol. The van der Waals surface area contributed by atoms with Gasteiger partial charge in [0.25, 0.3) is 0 Å². The van der Waals surface area contributed by atoms with Crippen molar-refractivity contribution in [3.8, 4) is 11.4 Å². The topological polar surface area (TPSA) is 94.3 Å². The van der Waals surface area contributed by atoms with E-state index in [1.165, 1.54) is 12.1 Å². The van der Waals surface area contributed by atoms with Crippen molar-refractivity contribution in [1.29, 1.82) is 5.41 Å². The molecular weight excluding hydrogens is 371 g/mol. The number of nitrogens with one attached hydrogen (secondary N) is 1. The molecular formula is C21H20FN6O+. The molecule has 4 aromatic rings. The first-order valence-electron chi connectivity index (χ1n) is 9.15. The standard InChI is InChI=1S/C21H19FN6O/c1-2-28-18-7-6-14(20(24)29-13-23)11-17(18)26-19(28)12-27-9-8-25-21(27)15-4-3-5-16(22)10-15/h3-11,13,23-24H,2,12H2,1H3/p+1. The van der Waals surface area contributed by atoms with Crippen molar-refractivity contribution in [2.24, 2.45) is 0 Å². The second-order valence-corrected chi connectivity index (χ2v) is 6.46.